The molecule has 1 heterocycles. The summed E-state index contributed by atoms with van der Waals surface area (Å²) < 4.78 is 15.0. The molecule has 0 radical (unpaired) electrons. The highest BCUT2D eigenvalue weighted by atomic mass is 16.6. The Morgan fingerprint density at radius 3 is 2.92 bits per heavy atom. The molecule has 1 aliphatic rings. The fourth-order valence-electron chi connectivity index (χ4n) is 1.09. The van der Waals surface area contributed by atoms with Crippen molar-refractivity contribution in [3.63, 3.8) is 0 Å². The zero-order valence-corrected chi connectivity index (χ0v) is 7.99. The molecule has 0 spiro atoms. The number of nitrogens with zero attached hydrogens (tertiary/aromatic N) is 1. The van der Waals surface area contributed by atoms with E-state index in [1.807, 2.05) is 0 Å². The van der Waals surface area contributed by atoms with Gasteiger partial charge in [-0.2, -0.15) is 0 Å². The van der Waals surface area contributed by atoms with Crippen LogP contribution in [0.5, 0.6) is 0 Å². The molecular formula is C8H15NO4. The molecule has 76 valence electrons. The number of methoxy groups -OCH3 is 1. The first-order chi connectivity index (χ1) is 6.24. The molecule has 1 fully saturated rings. The normalized spacial score (nSPS) is 22.2. The van der Waals surface area contributed by atoms with Crippen LogP contribution in [0.2, 0.25) is 0 Å². The average Bonchev–Trinajstić information content (AvgIpc) is 2.41. The summed E-state index contributed by atoms with van der Waals surface area (Å²) in [5.74, 6) is 0. The molecule has 1 rings (SSSR count). The second-order valence-electron chi connectivity index (χ2n) is 2.95. The van der Waals surface area contributed by atoms with Crippen LogP contribution in [0.3, 0.4) is 0 Å². The van der Waals surface area contributed by atoms with E-state index in [-0.39, 0.29) is 12.2 Å². The van der Waals surface area contributed by atoms with Gasteiger partial charge in [-0.05, 0) is 0 Å². The lowest BCUT2D eigenvalue weighted by Crippen LogP contribution is -2.22. The van der Waals surface area contributed by atoms with Crippen molar-refractivity contribution < 1.29 is 19.0 Å². The van der Waals surface area contributed by atoms with Crippen LogP contribution in [0, 0.1) is 0 Å². The van der Waals surface area contributed by atoms with E-state index >= 15 is 0 Å². The smallest absolute Gasteiger partial charge is 0.410 e. The summed E-state index contributed by atoms with van der Waals surface area (Å²) in [5.41, 5.74) is 0. The molecule has 13 heavy (non-hydrogen) atoms. The number of carbonyl (C=O) groups is 1. The van der Waals surface area contributed by atoms with Crippen LogP contribution in [0.1, 0.15) is 0 Å². The maximum Gasteiger partial charge on any atom is 0.410 e. The van der Waals surface area contributed by atoms with E-state index in [9.17, 15) is 4.79 Å². The van der Waals surface area contributed by atoms with Gasteiger partial charge in [0.2, 0.25) is 0 Å². The summed E-state index contributed by atoms with van der Waals surface area (Å²) in [6.45, 7) is 2.15. The Morgan fingerprint density at radius 2 is 2.38 bits per heavy atom. The predicted octanol–water partition coefficient (Wildman–Crippen LogP) is 0.100. The van der Waals surface area contributed by atoms with Gasteiger partial charge in [0.05, 0.1) is 26.4 Å². The Bertz CT molecular complexity index is 174. The summed E-state index contributed by atoms with van der Waals surface area (Å²) in [6, 6.07) is 0. The van der Waals surface area contributed by atoms with Crippen molar-refractivity contribution in [2.75, 3.05) is 40.5 Å². The molecule has 0 aromatic rings. The van der Waals surface area contributed by atoms with Crippen LogP contribution in [-0.2, 0) is 14.2 Å². The van der Waals surface area contributed by atoms with Gasteiger partial charge < -0.3 is 19.1 Å². The fraction of sp³-hybridized carbons (Fsp3) is 0.875. The number of amides is 1. The van der Waals surface area contributed by atoms with Crippen LogP contribution in [-0.4, -0.2) is 57.6 Å². The number of hydrogen-bond donors (Lipinski definition) is 0. The summed E-state index contributed by atoms with van der Waals surface area (Å²) in [5, 5.41) is 0. The average molecular weight is 189 g/mol. The monoisotopic (exact) mass is 189 g/mol. The van der Waals surface area contributed by atoms with E-state index in [0.29, 0.717) is 26.4 Å². The van der Waals surface area contributed by atoms with E-state index < -0.39 is 0 Å². The van der Waals surface area contributed by atoms with E-state index in [4.69, 9.17) is 14.2 Å². The van der Waals surface area contributed by atoms with Gasteiger partial charge >= 0.3 is 6.09 Å². The molecule has 1 saturated heterocycles. The summed E-state index contributed by atoms with van der Waals surface area (Å²) >= 11 is 0. The lowest BCUT2D eigenvalue weighted by molar-refractivity contribution is 0.0216. The third-order valence-corrected chi connectivity index (χ3v) is 1.79. The molecule has 5 heteroatoms. The molecule has 0 N–H and O–H groups in total. The van der Waals surface area contributed by atoms with Crippen molar-refractivity contribution in [3.8, 4) is 0 Å². The highest BCUT2D eigenvalue weighted by Gasteiger charge is 2.27. The van der Waals surface area contributed by atoms with Crippen LogP contribution in [0.25, 0.3) is 0 Å². The van der Waals surface area contributed by atoms with Gasteiger partial charge in [-0.3, -0.25) is 0 Å². The number of carbonyl (C=O) groups excluding carboxylic acids is 1. The van der Waals surface area contributed by atoms with Gasteiger partial charge in [0, 0.05) is 14.2 Å². The Morgan fingerprint density at radius 1 is 1.62 bits per heavy atom. The van der Waals surface area contributed by atoms with Gasteiger partial charge in [0.1, 0.15) is 6.10 Å². The fourth-order valence-corrected chi connectivity index (χ4v) is 1.09. The molecular weight excluding hydrogens is 174 g/mol. The Balaban J connectivity index is 2.07. The highest BCUT2D eigenvalue weighted by molar-refractivity contribution is 5.69. The quantitative estimate of drug-likeness (QED) is 0.575. The topological polar surface area (TPSA) is 48.0 Å². The van der Waals surface area contributed by atoms with Gasteiger partial charge in [-0.25, -0.2) is 4.79 Å². The zero-order chi connectivity index (χ0) is 9.68. The molecule has 1 amide bonds. The van der Waals surface area contributed by atoms with E-state index in [1.165, 1.54) is 4.90 Å². The molecule has 1 aliphatic heterocycles. The van der Waals surface area contributed by atoms with Gasteiger partial charge in [0.25, 0.3) is 0 Å². The first-order valence-electron chi connectivity index (χ1n) is 4.22. The molecule has 1 atom stereocenters. The summed E-state index contributed by atoms with van der Waals surface area (Å²) in [6.07, 6.45) is -0.408. The van der Waals surface area contributed by atoms with E-state index in [0.717, 1.165) is 0 Å². The number of rotatable bonds is 5. The first kappa shape index (κ1) is 10.3. The second kappa shape index (κ2) is 5.04. The minimum atomic E-state index is -0.277. The minimum absolute atomic E-state index is 0.130. The standard InChI is InChI=1S/C8H15NO4/c1-9-5-7(13-8(9)10)6-12-4-3-11-2/h7H,3-6H2,1-2H3/t7-/m1/s1. The Hall–Kier alpha value is -0.810. The van der Waals surface area contributed by atoms with Crippen molar-refractivity contribution in [1.82, 2.24) is 4.90 Å². The number of cyclic esters (lactones) is 1. The van der Waals surface area contributed by atoms with Gasteiger partial charge in [0.15, 0.2) is 0 Å². The summed E-state index contributed by atoms with van der Waals surface area (Å²) in [4.78, 5) is 12.4. The molecule has 0 saturated carbocycles. The molecule has 0 aromatic carbocycles. The lowest BCUT2D eigenvalue weighted by atomic mass is 10.4. The first-order valence-corrected chi connectivity index (χ1v) is 4.22. The van der Waals surface area contributed by atoms with Crippen molar-refractivity contribution in [1.29, 1.82) is 0 Å². The molecule has 0 unspecified atom stereocenters. The number of hydrogen-bond acceptors (Lipinski definition) is 4. The van der Waals surface area contributed by atoms with Crippen molar-refractivity contribution in [2.24, 2.45) is 0 Å². The highest BCUT2D eigenvalue weighted by Crippen LogP contribution is 2.08. The maximum absolute atomic E-state index is 10.9. The zero-order valence-electron chi connectivity index (χ0n) is 7.99. The van der Waals surface area contributed by atoms with Crippen molar-refractivity contribution >= 4 is 6.09 Å². The third kappa shape index (κ3) is 3.20. The lowest BCUT2D eigenvalue weighted by Gasteiger charge is -2.08. The molecule has 0 bridgehead atoms. The molecule has 0 aliphatic carbocycles. The van der Waals surface area contributed by atoms with Crippen LogP contribution >= 0.6 is 0 Å². The van der Waals surface area contributed by atoms with E-state index in [1.54, 1.807) is 14.2 Å². The van der Waals surface area contributed by atoms with Crippen molar-refractivity contribution in [2.45, 2.75) is 6.10 Å². The minimum Gasteiger partial charge on any atom is -0.442 e. The SMILES string of the molecule is COCCOC[C@H]1CN(C)C(=O)O1. The van der Waals surface area contributed by atoms with Crippen molar-refractivity contribution in [3.05, 3.63) is 0 Å². The number of likely N-dealkylation sites (N-methyl/N-ethyl adjacent to an activating group) is 1. The predicted molar refractivity (Wildman–Crippen MR) is 45.6 cm³/mol. The Labute approximate surface area is 77.6 Å². The summed E-state index contributed by atoms with van der Waals surface area (Å²) in [7, 11) is 3.32. The van der Waals surface area contributed by atoms with Crippen LogP contribution in [0.4, 0.5) is 4.79 Å². The maximum atomic E-state index is 10.9. The number of ether oxygens (including phenoxy) is 3. The van der Waals surface area contributed by atoms with Crippen LogP contribution in [0.15, 0.2) is 0 Å². The Kier molecular flexibility index (Phi) is 3.98. The van der Waals surface area contributed by atoms with Gasteiger partial charge in [-0.1, -0.05) is 0 Å². The van der Waals surface area contributed by atoms with E-state index in [2.05, 4.69) is 0 Å². The molecule has 0 aromatic heterocycles. The van der Waals surface area contributed by atoms with Gasteiger partial charge in [-0.15, -0.1) is 0 Å². The largest absolute Gasteiger partial charge is 0.442 e. The molecule has 5 nitrogen and oxygen atoms in total. The van der Waals surface area contributed by atoms with Crippen LogP contribution < -0.4 is 0 Å². The third-order valence-electron chi connectivity index (χ3n) is 1.79. The second-order valence-corrected chi connectivity index (χ2v) is 2.95.